The van der Waals surface area contributed by atoms with Crippen molar-refractivity contribution >= 4 is 12.6 Å². The van der Waals surface area contributed by atoms with Crippen LogP contribution in [0.3, 0.4) is 0 Å². The highest BCUT2D eigenvalue weighted by atomic mass is 32.1. The maximum absolute atomic E-state index is 3.98. The van der Waals surface area contributed by atoms with E-state index in [0.29, 0.717) is 0 Å². The maximum atomic E-state index is 3.98. The second kappa shape index (κ2) is 23.4. The quantitative estimate of drug-likeness (QED) is 0.302. The number of thiol groups is 1. The van der Waals surface area contributed by atoms with Crippen molar-refractivity contribution in [2.24, 2.45) is 11.8 Å². The van der Waals surface area contributed by atoms with E-state index in [-0.39, 0.29) is 0 Å². The van der Waals surface area contributed by atoms with Crippen LogP contribution >= 0.6 is 12.6 Å². The highest BCUT2D eigenvalue weighted by Crippen LogP contribution is 2.19. The molecular weight excluding hydrogens is 284 g/mol. The van der Waals surface area contributed by atoms with Crippen LogP contribution in [0.1, 0.15) is 106 Å². The molecule has 0 aliphatic heterocycles. The number of hydrogen-bond acceptors (Lipinski definition) is 1. The van der Waals surface area contributed by atoms with Gasteiger partial charge in [-0.1, -0.05) is 92.2 Å². The fraction of sp³-hybridized carbons (Fsp3) is 0.905. The second-order valence-corrected chi connectivity index (χ2v) is 6.92. The topological polar surface area (TPSA) is 0 Å². The third-order valence-corrected chi connectivity index (χ3v) is 4.51. The number of hydrogen-bond donors (Lipinski definition) is 1. The molecule has 136 valence electrons. The van der Waals surface area contributed by atoms with Gasteiger partial charge in [-0.3, -0.25) is 0 Å². The summed E-state index contributed by atoms with van der Waals surface area (Å²) in [6.07, 6.45) is 12.0. The molecule has 0 radical (unpaired) electrons. The van der Waals surface area contributed by atoms with Gasteiger partial charge in [-0.15, -0.1) is 0 Å². The predicted octanol–water partition coefficient (Wildman–Crippen LogP) is 8.33. The van der Waals surface area contributed by atoms with Crippen molar-refractivity contribution in [3.05, 3.63) is 12.2 Å². The first-order chi connectivity index (χ1) is 10.4. The summed E-state index contributed by atoms with van der Waals surface area (Å²) < 4.78 is 0. The van der Waals surface area contributed by atoms with Gasteiger partial charge in [-0.2, -0.15) is 12.6 Å². The van der Waals surface area contributed by atoms with Crippen LogP contribution in [0.5, 0.6) is 0 Å². The smallest absolute Gasteiger partial charge is 0.0101 e. The summed E-state index contributed by atoms with van der Waals surface area (Å²) in [7, 11) is 0. The number of rotatable bonds is 10. The van der Waals surface area contributed by atoms with E-state index in [2.05, 4.69) is 67.7 Å². The Kier molecular flexibility index (Phi) is 28.6. The molecule has 0 aromatic heterocycles. The van der Waals surface area contributed by atoms with Crippen LogP contribution in [0.25, 0.3) is 0 Å². The Labute approximate surface area is 149 Å². The van der Waals surface area contributed by atoms with E-state index < -0.39 is 0 Å². The molecule has 0 amide bonds. The summed E-state index contributed by atoms with van der Waals surface area (Å²) in [5.74, 6) is 2.75. The van der Waals surface area contributed by atoms with Gasteiger partial charge in [-0.25, -0.2) is 0 Å². The molecule has 1 heteroatoms. The van der Waals surface area contributed by atoms with Gasteiger partial charge in [-0.05, 0) is 43.8 Å². The highest BCUT2D eigenvalue weighted by Gasteiger charge is 2.04. The summed E-state index contributed by atoms with van der Waals surface area (Å²) >= 11 is 3.92. The predicted molar refractivity (Wildman–Crippen MR) is 111 cm³/mol. The van der Waals surface area contributed by atoms with Gasteiger partial charge < -0.3 is 0 Å². The first kappa shape index (κ1) is 27.0. The lowest BCUT2D eigenvalue weighted by atomic mass is 9.93. The minimum Gasteiger partial charge on any atom is -0.179 e. The van der Waals surface area contributed by atoms with E-state index in [1.54, 1.807) is 0 Å². The van der Waals surface area contributed by atoms with E-state index in [4.69, 9.17) is 0 Å². The number of allylic oxidation sites excluding steroid dienone is 1. The molecule has 0 aliphatic rings. The van der Waals surface area contributed by atoms with Gasteiger partial charge in [0.15, 0.2) is 0 Å². The molecule has 0 spiro atoms. The average molecular weight is 331 g/mol. The van der Waals surface area contributed by atoms with Crippen LogP contribution in [0.4, 0.5) is 0 Å². The van der Waals surface area contributed by atoms with Crippen molar-refractivity contribution in [1.29, 1.82) is 0 Å². The van der Waals surface area contributed by atoms with Crippen LogP contribution in [0, 0.1) is 11.8 Å². The van der Waals surface area contributed by atoms with E-state index in [1.165, 1.54) is 63.4 Å². The normalized spacial score (nSPS) is 12.4. The molecule has 0 bridgehead atoms. The molecule has 0 fully saturated rings. The minimum atomic E-state index is 0.778. The highest BCUT2D eigenvalue weighted by molar-refractivity contribution is 7.80. The fourth-order valence-electron chi connectivity index (χ4n) is 2.01. The zero-order chi connectivity index (χ0) is 17.8. The van der Waals surface area contributed by atoms with Crippen LogP contribution in [-0.2, 0) is 0 Å². The van der Waals surface area contributed by atoms with Gasteiger partial charge in [0.2, 0.25) is 0 Å². The van der Waals surface area contributed by atoms with Gasteiger partial charge in [0.05, 0.1) is 0 Å². The molecule has 0 heterocycles. The molecule has 2 atom stereocenters. The monoisotopic (exact) mass is 330 g/mol. The molecule has 22 heavy (non-hydrogen) atoms. The van der Waals surface area contributed by atoms with E-state index in [9.17, 15) is 0 Å². The third-order valence-electron chi connectivity index (χ3n) is 4.07. The maximum Gasteiger partial charge on any atom is -0.0101 e. The average Bonchev–Trinajstić information content (AvgIpc) is 2.53. The van der Waals surface area contributed by atoms with Crippen LogP contribution in [0.2, 0.25) is 0 Å². The Morgan fingerprint density at radius 1 is 0.864 bits per heavy atom. The molecule has 0 aromatic carbocycles. The summed E-state index contributed by atoms with van der Waals surface area (Å²) in [6.45, 7) is 19.6. The Bertz CT molecular complexity index is 196. The van der Waals surface area contributed by atoms with Crippen molar-refractivity contribution in [1.82, 2.24) is 0 Å². The molecule has 0 rings (SSSR count). The van der Waals surface area contributed by atoms with E-state index in [1.807, 2.05) is 0 Å². The molecule has 0 saturated heterocycles. The summed E-state index contributed by atoms with van der Waals surface area (Å²) in [4.78, 5) is 0. The Morgan fingerprint density at radius 2 is 1.32 bits per heavy atom. The SMILES string of the molecule is C=C(C)C(CC)CCCC.CCCCC(C)CC.CCCS. The van der Waals surface area contributed by atoms with Gasteiger partial charge in [0, 0.05) is 0 Å². The first-order valence-corrected chi connectivity index (χ1v) is 10.3. The standard InChI is InChI=1S/C10H20.C8H18.C3H8S/c1-5-7-8-10(6-2)9(3)4;1-4-6-7-8(3)5-2;1-2-3-4/h10H,3,5-8H2,1-2,4H3;8H,4-7H2,1-3H3;4H,2-3H2,1H3. The van der Waals surface area contributed by atoms with Gasteiger partial charge in [0.1, 0.15) is 0 Å². The Hall–Kier alpha value is 0.0900. The van der Waals surface area contributed by atoms with Crippen molar-refractivity contribution in [2.45, 2.75) is 106 Å². The fourth-order valence-corrected chi connectivity index (χ4v) is 2.01. The Balaban J connectivity index is -0.000000269. The first-order valence-electron chi connectivity index (χ1n) is 9.70. The summed E-state index contributed by atoms with van der Waals surface area (Å²) in [6, 6.07) is 0. The lowest BCUT2D eigenvalue weighted by Crippen LogP contribution is -1.98. The summed E-state index contributed by atoms with van der Waals surface area (Å²) in [5, 5.41) is 0. The zero-order valence-electron chi connectivity index (χ0n) is 16.9. The Morgan fingerprint density at radius 3 is 1.59 bits per heavy atom. The van der Waals surface area contributed by atoms with Crippen molar-refractivity contribution in [3.63, 3.8) is 0 Å². The lowest BCUT2D eigenvalue weighted by Gasteiger charge is -2.13. The van der Waals surface area contributed by atoms with Crippen LogP contribution in [0.15, 0.2) is 12.2 Å². The molecule has 0 saturated carbocycles. The van der Waals surface area contributed by atoms with Crippen LogP contribution < -0.4 is 0 Å². The van der Waals surface area contributed by atoms with Crippen molar-refractivity contribution in [2.75, 3.05) is 5.75 Å². The molecule has 0 nitrogen and oxygen atoms in total. The van der Waals surface area contributed by atoms with Gasteiger partial charge in [0.25, 0.3) is 0 Å². The molecule has 0 aliphatic carbocycles. The van der Waals surface area contributed by atoms with Crippen molar-refractivity contribution < 1.29 is 0 Å². The molecule has 0 N–H and O–H groups in total. The molecular formula is C21H46S. The largest absolute Gasteiger partial charge is 0.179 e. The zero-order valence-corrected chi connectivity index (χ0v) is 17.8. The number of unbranched alkanes of at least 4 members (excludes halogenated alkanes) is 2. The molecule has 0 aromatic rings. The third kappa shape index (κ3) is 25.1. The lowest BCUT2D eigenvalue weighted by molar-refractivity contribution is 0.492. The van der Waals surface area contributed by atoms with Crippen molar-refractivity contribution in [3.8, 4) is 0 Å². The van der Waals surface area contributed by atoms with E-state index >= 15 is 0 Å². The van der Waals surface area contributed by atoms with Crippen LogP contribution in [-0.4, -0.2) is 5.75 Å². The molecule has 2 unspecified atom stereocenters. The van der Waals surface area contributed by atoms with E-state index in [0.717, 1.165) is 17.6 Å². The minimum absolute atomic E-state index is 0.778. The second-order valence-electron chi connectivity index (χ2n) is 6.47. The summed E-state index contributed by atoms with van der Waals surface area (Å²) in [5.41, 5.74) is 1.36. The van der Waals surface area contributed by atoms with Gasteiger partial charge >= 0.3 is 0 Å².